The van der Waals surface area contributed by atoms with E-state index in [1.165, 1.54) is 11.3 Å². The second kappa shape index (κ2) is 6.04. The molecule has 1 aliphatic rings. The quantitative estimate of drug-likeness (QED) is 0.795. The number of fused-ring (bicyclic) bond motifs is 1. The highest BCUT2D eigenvalue weighted by molar-refractivity contribution is 7.16. The van der Waals surface area contributed by atoms with Crippen LogP contribution in [0.25, 0.3) is 10.2 Å². The monoisotopic (exact) mass is 358 g/mol. The molecule has 2 atom stereocenters. The van der Waals surface area contributed by atoms with Crippen molar-refractivity contribution < 1.29 is 27.9 Å². The van der Waals surface area contributed by atoms with Gasteiger partial charge in [-0.25, -0.2) is 9.78 Å². The van der Waals surface area contributed by atoms with Crippen LogP contribution in [0.1, 0.15) is 24.4 Å². The Morgan fingerprint density at radius 1 is 1.29 bits per heavy atom. The number of thiazole rings is 1. The molecule has 0 radical (unpaired) electrons. The van der Waals surface area contributed by atoms with E-state index in [2.05, 4.69) is 4.98 Å². The van der Waals surface area contributed by atoms with E-state index >= 15 is 0 Å². The van der Waals surface area contributed by atoms with E-state index in [0.29, 0.717) is 11.1 Å². The van der Waals surface area contributed by atoms with Gasteiger partial charge in [0.1, 0.15) is 0 Å². The van der Waals surface area contributed by atoms with Crippen molar-refractivity contribution in [1.82, 2.24) is 9.88 Å². The molecule has 2 unspecified atom stereocenters. The number of rotatable bonds is 1. The number of hydrogen-bond donors (Lipinski definition) is 1. The summed E-state index contributed by atoms with van der Waals surface area (Å²) in [6, 6.07) is 4.49. The summed E-state index contributed by atoms with van der Waals surface area (Å²) in [5.41, 5.74) is 2.93. The first-order chi connectivity index (χ1) is 11.3. The minimum absolute atomic E-state index is 0.0544. The maximum Gasteiger partial charge on any atom is 0.394 e. The van der Waals surface area contributed by atoms with Crippen LogP contribution < -0.4 is 0 Å². The smallest absolute Gasteiger partial charge is 0.394 e. The molecule has 0 bridgehead atoms. The van der Waals surface area contributed by atoms with Crippen molar-refractivity contribution in [3.05, 3.63) is 29.3 Å². The molecule has 0 saturated carbocycles. The molecule has 9 heteroatoms. The van der Waals surface area contributed by atoms with E-state index in [0.717, 1.165) is 9.60 Å². The average Bonchev–Trinajstić information content (AvgIpc) is 3.00. The normalized spacial score (nSPS) is 21.9. The first kappa shape index (κ1) is 16.7. The van der Waals surface area contributed by atoms with Gasteiger partial charge in [-0.1, -0.05) is 6.07 Å². The Hall–Kier alpha value is -2.16. The summed E-state index contributed by atoms with van der Waals surface area (Å²) in [6.07, 6.45) is -4.55. The molecule has 5 nitrogen and oxygen atoms in total. The summed E-state index contributed by atoms with van der Waals surface area (Å²) in [4.78, 5) is 27.9. The Bertz CT molecular complexity index is 790. The first-order valence-electron chi connectivity index (χ1n) is 7.21. The number of carbonyl (C=O) groups is 2. The number of halogens is 3. The van der Waals surface area contributed by atoms with Crippen LogP contribution >= 0.6 is 11.3 Å². The van der Waals surface area contributed by atoms with E-state index < -0.39 is 36.6 Å². The van der Waals surface area contributed by atoms with Gasteiger partial charge < -0.3 is 10.0 Å². The van der Waals surface area contributed by atoms with Gasteiger partial charge in [-0.15, -0.1) is 11.3 Å². The van der Waals surface area contributed by atoms with Gasteiger partial charge in [0.25, 0.3) is 0 Å². The Kier molecular flexibility index (Phi) is 4.20. The lowest BCUT2D eigenvalue weighted by atomic mass is 9.88. The van der Waals surface area contributed by atoms with E-state index in [4.69, 9.17) is 5.11 Å². The van der Waals surface area contributed by atoms with Crippen molar-refractivity contribution in [2.75, 3.05) is 6.54 Å². The van der Waals surface area contributed by atoms with Crippen LogP contribution in [0.15, 0.2) is 23.7 Å². The van der Waals surface area contributed by atoms with Crippen LogP contribution in [0.3, 0.4) is 0 Å². The van der Waals surface area contributed by atoms with Crippen molar-refractivity contribution in [2.45, 2.75) is 25.1 Å². The predicted molar refractivity (Wildman–Crippen MR) is 80.5 cm³/mol. The Morgan fingerprint density at radius 2 is 2.04 bits per heavy atom. The van der Waals surface area contributed by atoms with Crippen LogP contribution in [-0.4, -0.2) is 39.6 Å². The SMILES string of the molecule is O=C(O)C(=O)N1CC(C(F)(F)F)CCC1c1ccc2scnc2c1. The van der Waals surface area contributed by atoms with Crippen LogP contribution in [-0.2, 0) is 9.59 Å². The van der Waals surface area contributed by atoms with E-state index in [9.17, 15) is 22.8 Å². The molecule has 1 N–H and O–H groups in total. The molecule has 2 aromatic rings. The molecule has 1 fully saturated rings. The van der Waals surface area contributed by atoms with Crippen molar-refractivity contribution in [3.63, 3.8) is 0 Å². The lowest BCUT2D eigenvalue weighted by Crippen LogP contribution is -2.48. The highest BCUT2D eigenvalue weighted by atomic mass is 32.1. The highest BCUT2D eigenvalue weighted by Crippen LogP contribution is 2.41. The van der Waals surface area contributed by atoms with E-state index in [-0.39, 0.29) is 12.8 Å². The molecule has 1 amide bonds. The topological polar surface area (TPSA) is 70.5 Å². The van der Waals surface area contributed by atoms with Gasteiger partial charge in [-0.3, -0.25) is 4.79 Å². The maximum absolute atomic E-state index is 13.0. The van der Waals surface area contributed by atoms with Crippen LogP contribution in [0.2, 0.25) is 0 Å². The van der Waals surface area contributed by atoms with E-state index in [1.54, 1.807) is 23.7 Å². The summed E-state index contributed by atoms with van der Waals surface area (Å²) in [5.74, 6) is -4.77. The van der Waals surface area contributed by atoms with Gasteiger partial charge in [0, 0.05) is 6.54 Å². The molecule has 3 rings (SSSR count). The predicted octanol–water partition coefficient (Wildman–Crippen LogP) is 3.22. The second-order valence-electron chi connectivity index (χ2n) is 5.67. The Morgan fingerprint density at radius 3 is 2.71 bits per heavy atom. The van der Waals surface area contributed by atoms with Crippen LogP contribution in [0.4, 0.5) is 13.2 Å². The standard InChI is InChI=1S/C15H13F3N2O3S/c16-15(17,18)9-2-3-11(20(6-9)13(21)14(22)23)8-1-4-12-10(5-8)19-7-24-12/h1,4-5,7,9,11H,2-3,6H2,(H,22,23). The minimum atomic E-state index is -4.46. The number of likely N-dealkylation sites (tertiary alicyclic amines) is 1. The zero-order chi connectivity index (χ0) is 17.5. The number of piperidine rings is 1. The molecule has 1 aromatic heterocycles. The number of alkyl halides is 3. The molecule has 1 saturated heterocycles. The van der Waals surface area contributed by atoms with Gasteiger partial charge in [-0.2, -0.15) is 13.2 Å². The fraction of sp³-hybridized carbons (Fsp3) is 0.400. The summed E-state index contributed by atoms with van der Waals surface area (Å²) in [6.45, 7) is -0.644. The largest absolute Gasteiger partial charge is 0.474 e. The summed E-state index contributed by atoms with van der Waals surface area (Å²) >= 11 is 1.42. The molecule has 0 spiro atoms. The third-order valence-electron chi connectivity index (χ3n) is 4.23. The number of carboxylic acids is 1. The number of benzene rings is 1. The third kappa shape index (κ3) is 3.08. The fourth-order valence-corrected chi connectivity index (χ4v) is 3.67. The first-order valence-corrected chi connectivity index (χ1v) is 8.09. The number of hydrogen-bond acceptors (Lipinski definition) is 4. The highest BCUT2D eigenvalue weighted by Gasteiger charge is 2.46. The van der Waals surface area contributed by atoms with Gasteiger partial charge in [0.2, 0.25) is 0 Å². The molecule has 128 valence electrons. The number of carboxylic acid groups (broad SMARTS) is 1. The average molecular weight is 358 g/mol. The summed E-state index contributed by atoms with van der Waals surface area (Å²) in [7, 11) is 0. The molecular formula is C15H13F3N2O3S. The fourth-order valence-electron chi connectivity index (χ4n) is 3.01. The van der Waals surface area contributed by atoms with Crippen molar-refractivity contribution in [1.29, 1.82) is 0 Å². The molecular weight excluding hydrogens is 345 g/mol. The number of nitrogens with zero attached hydrogens (tertiary/aromatic N) is 2. The number of amides is 1. The summed E-state index contributed by atoms with van der Waals surface area (Å²) < 4.78 is 39.9. The molecule has 1 aliphatic heterocycles. The molecule has 2 heterocycles. The lowest BCUT2D eigenvalue weighted by Gasteiger charge is -2.39. The lowest BCUT2D eigenvalue weighted by molar-refractivity contribution is -0.193. The minimum Gasteiger partial charge on any atom is -0.474 e. The van der Waals surface area contributed by atoms with Gasteiger partial charge in [0.15, 0.2) is 0 Å². The van der Waals surface area contributed by atoms with Gasteiger partial charge in [0.05, 0.1) is 27.7 Å². The zero-order valence-corrected chi connectivity index (χ0v) is 13.1. The number of aliphatic carboxylic acids is 1. The van der Waals surface area contributed by atoms with Crippen molar-refractivity contribution in [2.24, 2.45) is 5.92 Å². The van der Waals surface area contributed by atoms with Crippen molar-refractivity contribution in [3.8, 4) is 0 Å². The van der Waals surface area contributed by atoms with Gasteiger partial charge in [-0.05, 0) is 30.5 Å². The molecule has 24 heavy (non-hydrogen) atoms. The molecule has 1 aromatic carbocycles. The third-order valence-corrected chi connectivity index (χ3v) is 5.04. The Balaban J connectivity index is 1.95. The van der Waals surface area contributed by atoms with Gasteiger partial charge >= 0.3 is 18.1 Å². The zero-order valence-electron chi connectivity index (χ0n) is 12.3. The number of aromatic nitrogens is 1. The van der Waals surface area contributed by atoms with Crippen LogP contribution in [0.5, 0.6) is 0 Å². The maximum atomic E-state index is 13.0. The summed E-state index contributed by atoms with van der Waals surface area (Å²) in [5, 5.41) is 8.94. The Labute approximate surface area is 138 Å². The van der Waals surface area contributed by atoms with Crippen molar-refractivity contribution >= 4 is 33.4 Å². The second-order valence-corrected chi connectivity index (χ2v) is 6.56. The molecule has 0 aliphatic carbocycles. The van der Waals surface area contributed by atoms with Crippen LogP contribution in [0, 0.1) is 5.92 Å². The van der Waals surface area contributed by atoms with E-state index in [1.807, 2.05) is 0 Å². The number of carbonyl (C=O) groups excluding carboxylic acids is 1.